The maximum atomic E-state index is 12.5. The summed E-state index contributed by atoms with van der Waals surface area (Å²) in [4.78, 5) is 0. The number of hydrogen-bond acceptors (Lipinski definition) is 3. The first-order valence-corrected chi connectivity index (χ1v) is 8.68. The van der Waals surface area contributed by atoms with Crippen molar-refractivity contribution < 1.29 is 8.42 Å². The molecule has 110 valence electrons. The topological polar surface area (TPSA) is 61.4 Å². The average molecular weight is 295 g/mol. The van der Waals surface area contributed by atoms with Crippen LogP contribution in [0.15, 0.2) is 24.3 Å². The van der Waals surface area contributed by atoms with Crippen molar-refractivity contribution in [3.05, 3.63) is 29.8 Å². The molecule has 0 radical (unpaired) electrons. The van der Waals surface area contributed by atoms with E-state index in [1.54, 1.807) is 0 Å². The molecule has 1 aliphatic heterocycles. The zero-order valence-corrected chi connectivity index (χ0v) is 12.5. The van der Waals surface area contributed by atoms with Crippen LogP contribution >= 0.6 is 0 Å². The standard InChI is InChI=1S/C14H21N3O2S/c1-2-15-13-9-10-17(14-6-4-3-5-12(13)14)20(18,19)16-11-7-8-11/h3-6,11,13,15-16H,2,7-10H2,1H3. The minimum atomic E-state index is -3.42. The van der Waals surface area contributed by atoms with Crippen molar-refractivity contribution in [3.8, 4) is 0 Å². The third kappa shape index (κ3) is 2.68. The van der Waals surface area contributed by atoms with Crippen molar-refractivity contribution in [3.63, 3.8) is 0 Å². The number of anilines is 1. The predicted molar refractivity (Wildman–Crippen MR) is 79.9 cm³/mol. The summed E-state index contributed by atoms with van der Waals surface area (Å²) in [5, 5.41) is 3.42. The lowest BCUT2D eigenvalue weighted by Gasteiger charge is -2.35. The molecule has 1 aliphatic carbocycles. The third-order valence-corrected chi connectivity index (χ3v) is 5.43. The molecule has 1 saturated carbocycles. The molecule has 0 amide bonds. The predicted octanol–water partition coefficient (Wildman–Crippen LogP) is 1.54. The van der Waals surface area contributed by atoms with Crippen molar-refractivity contribution in [2.75, 3.05) is 17.4 Å². The largest absolute Gasteiger partial charge is 0.310 e. The molecule has 1 atom stereocenters. The smallest absolute Gasteiger partial charge is 0.301 e. The van der Waals surface area contributed by atoms with Crippen LogP contribution in [-0.4, -0.2) is 27.5 Å². The van der Waals surface area contributed by atoms with Crippen LogP contribution in [0.1, 0.15) is 37.8 Å². The van der Waals surface area contributed by atoms with Crippen molar-refractivity contribution >= 4 is 15.9 Å². The Morgan fingerprint density at radius 2 is 2.00 bits per heavy atom. The highest BCUT2D eigenvalue weighted by Gasteiger charge is 2.35. The van der Waals surface area contributed by atoms with Crippen LogP contribution in [-0.2, 0) is 10.2 Å². The first-order valence-electron chi connectivity index (χ1n) is 7.24. The SMILES string of the molecule is CCNC1CCN(S(=O)(=O)NC2CC2)c2ccccc21. The Kier molecular flexibility index (Phi) is 3.70. The summed E-state index contributed by atoms with van der Waals surface area (Å²) in [6, 6.07) is 8.15. The highest BCUT2D eigenvalue weighted by Crippen LogP contribution is 2.35. The fourth-order valence-electron chi connectivity index (χ4n) is 2.72. The van der Waals surface area contributed by atoms with E-state index in [2.05, 4.69) is 17.0 Å². The maximum Gasteiger partial charge on any atom is 0.301 e. The lowest BCUT2D eigenvalue weighted by Crippen LogP contribution is -2.46. The number of nitrogens with zero attached hydrogens (tertiary/aromatic N) is 1. The summed E-state index contributed by atoms with van der Waals surface area (Å²) < 4.78 is 29.2. The van der Waals surface area contributed by atoms with E-state index in [4.69, 9.17) is 0 Å². The molecule has 3 rings (SSSR count). The minimum absolute atomic E-state index is 0.138. The van der Waals surface area contributed by atoms with Crippen LogP contribution in [0.2, 0.25) is 0 Å². The van der Waals surface area contributed by atoms with Crippen molar-refractivity contribution in [1.29, 1.82) is 0 Å². The Bertz CT molecular complexity index is 584. The molecule has 0 bridgehead atoms. The molecular weight excluding hydrogens is 274 g/mol. The molecule has 0 saturated heterocycles. The Morgan fingerprint density at radius 1 is 1.25 bits per heavy atom. The van der Waals surface area contributed by atoms with Gasteiger partial charge in [-0.3, -0.25) is 4.31 Å². The summed E-state index contributed by atoms with van der Waals surface area (Å²) >= 11 is 0. The molecule has 2 N–H and O–H groups in total. The van der Waals surface area contributed by atoms with Crippen LogP contribution in [0.4, 0.5) is 5.69 Å². The molecule has 1 unspecified atom stereocenters. The van der Waals surface area contributed by atoms with E-state index in [-0.39, 0.29) is 12.1 Å². The van der Waals surface area contributed by atoms with E-state index in [9.17, 15) is 8.42 Å². The van der Waals surface area contributed by atoms with Crippen LogP contribution in [0, 0.1) is 0 Å². The van der Waals surface area contributed by atoms with Crippen LogP contribution < -0.4 is 14.3 Å². The second-order valence-electron chi connectivity index (χ2n) is 5.43. The van der Waals surface area contributed by atoms with Gasteiger partial charge in [-0.2, -0.15) is 13.1 Å². The number of hydrogen-bond donors (Lipinski definition) is 2. The molecule has 5 nitrogen and oxygen atoms in total. The van der Waals surface area contributed by atoms with Gasteiger partial charge in [0.25, 0.3) is 0 Å². The van der Waals surface area contributed by atoms with Crippen LogP contribution in [0.25, 0.3) is 0 Å². The molecule has 1 heterocycles. The molecule has 2 aliphatic rings. The third-order valence-electron chi connectivity index (χ3n) is 3.84. The Hall–Kier alpha value is -1.11. The first kappa shape index (κ1) is 13.9. The molecule has 6 heteroatoms. The molecule has 1 aromatic rings. The van der Waals surface area contributed by atoms with Gasteiger partial charge in [-0.05, 0) is 37.4 Å². The van der Waals surface area contributed by atoms with E-state index in [1.165, 1.54) is 4.31 Å². The Labute approximate surface area is 120 Å². The van der Waals surface area contributed by atoms with Gasteiger partial charge >= 0.3 is 10.2 Å². The monoisotopic (exact) mass is 295 g/mol. The number of benzene rings is 1. The van der Waals surface area contributed by atoms with Crippen LogP contribution in [0.5, 0.6) is 0 Å². The zero-order chi connectivity index (χ0) is 14.2. The maximum absolute atomic E-state index is 12.5. The van der Waals surface area contributed by atoms with Crippen molar-refractivity contribution in [1.82, 2.24) is 10.0 Å². The van der Waals surface area contributed by atoms with E-state index >= 15 is 0 Å². The second kappa shape index (κ2) is 5.35. The van der Waals surface area contributed by atoms with Gasteiger partial charge in [0.15, 0.2) is 0 Å². The van der Waals surface area contributed by atoms with Gasteiger partial charge in [-0.25, -0.2) is 0 Å². The van der Waals surface area contributed by atoms with Gasteiger partial charge in [0.2, 0.25) is 0 Å². The van der Waals surface area contributed by atoms with Crippen molar-refractivity contribution in [2.24, 2.45) is 0 Å². The van der Waals surface area contributed by atoms with Gasteiger partial charge < -0.3 is 5.32 Å². The summed E-state index contributed by atoms with van der Waals surface area (Å²) in [7, 11) is -3.42. The summed E-state index contributed by atoms with van der Waals surface area (Å²) in [5.41, 5.74) is 1.87. The quantitative estimate of drug-likeness (QED) is 0.866. The molecule has 0 aromatic heterocycles. The van der Waals surface area contributed by atoms with E-state index in [0.29, 0.717) is 6.54 Å². The van der Waals surface area contributed by atoms with Gasteiger partial charge in [0.05, 0.1) is 5.69 Å². The average Bonchev–Trinajstić information content (AvgIpc) is 3.22. The fraction of sp³-hybridized carbons (Fsp3) is 0.571. The Morgan fingerprint density at radius 3 is 2.70 bits per heavy atom. The van der Waals surface area contributed by atoms with Gasteiger partial charge in [0, 0.05) is 18.6 Å². The number of nitrogens with one attached hydrogen (secondary N) is 2. The first-order chi connectivity index (χ1) is 9.62. The summed E-state index contributed by atoms with van der Waals surface area (Å²) in [5.74, 6) is 0. The minimum Gasteiger partial charge on any atom is -0.310 e. The Balaban J connectivity index is 1.91. The number of fused-ring (bicyclic) bond motifs is 1. The van der Waals surface area contributed by atoms with Crippen molar-refractivity contribution in [2.45, 2.75) is 38.3 Å². The number of rotatable bonds is 5. The molecule has 0 spiro atoms. The number of para-hydroxylation sites is 1. The van der Waals surface area contributed by atoms with E-state index in [0.717, 1.165) is 37.1 Å². The highest BCUT2D eigenvalue weighted by atomic mass is 32.2. The lowest BCUT2D eigenvalue weighted by atomic mass is 9.98. The molecular formula is C14H21N3O2S. The summed E-state index contributed by atoms with van der Waals surface area (Å²) in [6.07, 6.45) is 2.71. The van der Waals surface area contributed by atoms with Gasteiger partial charge in [-0.1, -0.05) is 25.1 Å². The second-order valence-corrected chi connectivity index (χ2v) is 7.05. The molecule has 20 heavy (non-hydrogen) atoms. The van der Waals surface area contributed by atoms with Gasteiger partial charge in [0.1, 0.15) is 0 Å². The van der Waals surface area contributed by atoms with E-state index < -0.39 is 10.2 Å². The molecule has 1 aromatic carbocycles. The highest BCUT2D eigenvalue weighted by molar-refractivity contribution is 7.90. The lowest BCUT2D eigenvalue weighted by molar-refractivity contribution is 0.500. The van der Waals surface area contributed by atoms with Crippen LogP contribution in [0.3, 0.4) is 0 Å². The normalized spacial score (nSPS) is 22.6. The zero-order valence-electron chi connectivity index (χ0n) is 11.7. The fourth-order valence-corrected chi connectivity index (χ4v) is 4.27. The van der Waals surface area contributed by atoms with Gasteiger partial charge in [-0.15, -0.1) is 0 Å². The summed E-state index contributed by atoms with van der Waals surface area (Å²) in [6.45, 7) is 3.48. The molecule has 1 fully saturated rings. The van der Waals surface area contributed by atoms with E-state index in [1.807, 2.05) is 24.3 Å².